The summed E-state index contributed by atoms with van der Waals surface area (Å²) in [6, 6.07) is 4.74. The van der Waals surface area contributed by atoms with Gasteiger partial charge >= 0.3 is 0 Å². The molecule has 2 aliphatic heterocycles. The first-order valence-electron chi connectivity index (χ1n) is 13.3. The van der Waals surface area contributed by atoms with E-state index in [4.69, 9.17) is 9.47 Å². The molecule has 3 fully saturated rings. The summed E-state index contributed by atoms with van der Waals surface area (Å²) in [6.45, 7) is 5.36. The highest BCUT2D eigenvalue weighted by molar-refractivity contribution is 5.80. The Hall–Kier alpha value is -2.78. The van der Waals surface area contributed by atoms with Gasteiger partial charge in [0.05, 0.1) is 38.3 Å². The van der Waals surface area contributed by atoms with Gasteiger partial charge in [0, 0.05) is 44.2 Å². The van der Waals surface area contributed by atoms with Gasteiger partial charge in [0.15, 0.2) is 0 Å². The first-order valence-corrected chi connectivity index (χ1v) is 13.3. The largest absolute Gasteiger partial charge is 0.493 e. The number of halogens is 1. The van der Waals surface area contributed by atoms with E-state index in [-0.39, 0.29) is 12.3 Å². The maximum absolute atomic E-state index is 14.5. The molecule has 1 aromatic carbocycles. The number of β-amino-alcohol motifs (C(OH)–C–C–N with tert-alkyl or cyclic N) is 1. The first kappa shape index (κ1) is 25.9. The number of carbonyl (C=O) groups excluding carboxylic acids is 1. The zero-order valence-corrected chi connectivity index (χ0v) is 21.7. The van der Waals surface area contributed by atoms with Gasteiger partial charge in [-0.05, 0) is 62.0 Å². The highest BCUT2D eigenvalue weighted by atomic mass is 19.1. The molecule has 2 aromatic rings. The second-order valence-corrected chi connectivity index (χ2v) is 11.1. The number of likely N-dealkylation sites (tertiary alicyclic amines) is 1. The molecule has 37 heavy (non-hydrogen) atoms. The van der Waals surface area contributed by atoms with Gasteiger partial charge in [-0.2, -0.15) is 0 Å². The van der Waals surface area contributed by atoms with Gasteiger partial charge in [-0.3, -0.25) is 4.79 Å². The highest BCUT2D eigenvalue weighted by Gasteiger charge is 2.43. The van der Waals surface area contributed by atoms with E-state index in [1.807, 2.05) is 12.4 Å². The number of hydrogen-bond donors (Lipinski definition) is 1. The average Bonchev–Trinajstić information content (AvgIpc) is 3.64. The number of ether oxygens (including phenoxy) is 2. The van der Waals surface area contributed by atoms with Crippen molar-refractivity contribution in [2.45, 2.75) is 51.2 Å². The van der Waals surface area contributed by atoms with Crippen LogP contribution < -0.4 is 9.64 Å². The van der Waals surface area contributed by atoms with E-state index in [2.05, 4.69) is 14.9 Å². The number of amides is 1. The number of hydrogen-bond acceptors (Lipinski definition) is 7. The smallest absolute Gasteiger partial charge is 0.227 e. The Morgan fingerprint density at radius 1 is 1.22 bits per heavy atom. The Labute approximate surface area is 217 Å². The lowest BCUT2D eigenvalue weighted by atomic mass is 9.90. The summed E-state index contributed by atoms with van der Waals surface area (Å²) < 4.78 is 25.5. The molecule has 0 bridgehead atoms. The van der Waals surface area contributed by atoms with Crippen molar-refractivity contribution in [1.82, 2.24) is 14.9 Å². The molecule has 3 heterocycles. The molecule has 0 spiro atoms. The predicted octanol–water partition coefficient (Wildman–Crippen LogP) is 3.22. The molecule has 8 nitrogen and oxygen atoms in total. The molecule has 9 heteroatoms. The summed E-state index contributed by atoms with van der Waals surface area (Å²) in [5.41, 5.74) is 0.514. The summed E-state index contributed by atoms with van der Waals surface area (Å²) in [5, 5.41) is 9.79. The minimum absolute atomic E-state index is 0.00395. The molecule has 5 rings (SSSR count). The van der Waals surface area contributed by atoms with Crippen LogP contribution in [0.5, 0.6) is 5.75 Å². The molecule has 1 amide bonds. The van der Waals surface area contributed by atoms with Crippen molar-refractivity contribution in [3.8, 4) is 5.75 Å². The molecular weight excluding hydrogens is 475 g/mol. The Morgan fingerprint density at radius 3 is 2.59 bits per heavy atom. The topological polar surface area (TPSA) is 88.0 Å². The van der Waals surface area contributed by atoms with Crippen LogP contribution in [0.15, 0.2) is 30.6 Å². The molecule has 3 aliphatic rings. The fourth-order valence-electron chi connectivity index (χ4n) is 5.78. The van der Waals surface area contributed by atoms with Crippen LogP contribution in [0.2, 0.25) is 0 Å². The van der Waals surface area contributed by atoms with Crippen LogP contribution in [0.1, 0.15) is 43.7 Å². The Bertz CT molecular complexity index is 1080. The van der Waals surface area contributed by atoms with Gasteiger partial charge in [0.25, 0.3) is 0 Å². The Kier molecular flexibility index (Phi) is 7.62. The fraction of sp³-hybridized carbons (Fsp3) is 0.607. The summed E-state index contributed by atoms with van der Waals surface area (Å²) in [5.74, 6) is 2.87. The van der Waals surface area contributed by atoms with Crippen LogP contribution in [0.3, 0.4) is 0 Å². The fourth-order valence-corrected chi connectivity index (χ4v) is 5.78. The molecule has 200 valence electrons. The SMILES string of the molecule is COCc1cnc(N2CCC([C@@H]3C[C@@H]3CCOc3ccc(CC(=O)N4CC(C)(O)C4)c(F)c3)CC2)nc1. The number of piperidine rings is 1. The first-order chi connectivity index (χ1) is 17.8. The van der Waals surface area contributed by atoms with Crippen molar-refractivity contribution in [1.29, 1.82) is 0 Å². The predicted molar refractivity (Wildman–Crippen MR) is 137 cm³/mol. The van der Waals surface area contributed by atoms with Crippen LogP contribution in [0, 0.1) is 23.6 Å². The van der Waals surface area contributed by atoms with E-state index in [0.717, 1.165) is 55.7 Å². The summed E-state index contributed by atoms with van der Waals surface area (Å²) in [7, 11) is 1.67. The second-order valence-electron chi connectivity index (χ2n) is 11.1. The number of aromatic nitrogens is 2. The van der Waals surface area contributed by atoms with E-state index in [1.54, 1.807) is 31.1 Å². The van der Waals surface area contributed by atoms with Crippen molar-refractivity contribution >= 4 is 11.9 Å². The summed E-state index contributed by atoms with van der Waals surface area (Å²) in [6.07, 6.45) is 8.22. The van der Waals surface area contributed by atoms with E-state index < -0.39 is 11.4 Å². The second kappa shape index (κ2) is 10.9. The Balaban J connectivity index is 1.01. The minimum atomic E-state index is -0.823. The highest BCUT2D eigenvalue weighted by Crippen LogP contribution is 2.49. The maximum atomic E-state index is 14.5. The van der Waals surface area contributed by atoms with Gasteiger partial charge in [-0.25, -0.2) is 14.4 Å². The van der Waals surface area contributed by atoms with Gasteiger partial charge in [-0.15, -0.1) is 0 Å². The molecule has 1 aliphatic carbocycles. The number of anilines is 1. The zero-order valence-electron chi connectivity index (χ0n) is 21.7. The van der Waals surface area contributed by atoms with Gasteiger partial charge in [0.1, 0.15) is 11.6 Å². The van der Waals surface area contributed by atoms with E-state index in [0.29, 0.717) is 43.5 Å². The molecular formula is C28H37FN4O4. The lowest BCUT2D eigenvalue weighted by molar-refractivity contribution is -0.151. The van der Waals surface area contributed by atoms with Crippen LogP contribution in [0.25, 0.3) is 0 Å². The van der Waals surface area contributed by atoms with Crippen molar-refractivity contribution in [2.24, 2.45) is 17.8 Å². The van der Waals surface area contributed by atoms with E-state index in [9.17, 15) is 14.3 Å². The molecule has 2 saturated heterocycles. The molecule has 2 atom stereocenters. The van der Waals surface area contributed by atoms with Gasteiger partial charge < -0.3 is 24.4 Å². The molecule has 1 aromatic heterocycles. The molecule has 0 radical (unpaired) electrons. The number of carbonyl (C=O) groups is 1. The monoisotopic (exact) mass is 512 g/mol. The van der Waals surface area contributed by atoms with Gasteiger partial charge in [-0.1, -0.05) is 6.07 Å². The molecule has 1 N–H and O–H groups in total. The van der Waals surface area contributed by atoms with Crippen molar-refractivity contribution in [3.05, 3.63) is 47.5 Å². The average molecular weight is 513 g/mol. The third kappa shape index (κ3) is 6.38. The number of nitrogens with zero attached hydrogens (tertiary/aromatic N) is 4. The van der Waals surface area contributed by atoms with Gasteiger partial charge in [0.2, 0.25) is 11.9 Å². The standard InChI is InChI=1S/C28H37FN4O4/c1-28(35)17-33(18-28)26(34)12-22-3-4-23(13-25(22)29)37-10-7-21-11-24(21)20-5-8-32(9-6-20)27-30-14-19(15-31-27)16-36-2/h3-4,13-15,20-21,24,35H,5-12,16-18H2,1-2H3/t21-,24-/m0/s1. The minimum Gasteiger partial charge on any atom is -0.493 e. The molecule has 1 saturated carbocycles. The number of methoxy groups -OCH3 is 1. The third-order valence-electron chi connectivity index (χ3n) is 7.95. The summed E-state index contributed by atoms with van der Waals surface area (Å²) >= 11 is 0. The van der Waals surface area contributed by atoms with Crippen LogP contribution in [-0.4, -0.2) is 71.4 Å². The molecule has 0 unspecified atom stereocenters. The van der Waals surface area contributed by atoms with Crippen molar-refractivity contribution < 1.29 is 23.8 Å². The normalized spacial score (nSPS) is 23.0. The number of benzene rings is 1. The van der Waals surface area contributed by atoms with Crippen LogP contribution in [-0.2, 0) is 22.6 Å². The summed E-state index contributed by atoms with van der Waals surface area (Å²) in [4.78, 5) is 25.1. The van der Waals surface area contributed by atoms with E-state index in [1.165, 1.54) is 12.5 Å². The Morgan fingerprint density at radius 2 is 1.95 bits per heavy atom. The quantitative estimate of drug-likeness (QED) is 0.523. The van der Waals surface area contributed by atoms with Crippen LogP contribution >= 0.6 is 0 Å². The zero-order chi connectivity index (χ0) is 26.0. The maximum Gasteiger partial charge on any atom is 0.227 e. The third-order valence-corrected chi connectivity index (χ3v) is 7.95. The lowest BCUT2D eigenvalue weighted by Gasteiger charge is -2.44. The van der Waals surface area contributed by atoms with Crippen LogP contribution in [0.4, 0.5) is 10.3 Å². The number of rotatable bonds is 10. The van der Waals surface area contributed by atoms with Crippen molar-refractivity contribution in [2.75, 3.05) is 44.8 Å². The number of aliphatic hydroxyl groups is 1. The van der Waals surface area contributed by atoms with Crippen molar-refractivity contribution in [3.63, 3.8) is 0 Å². The lowest BCUT2D eigenvalue weighted by Crippen LogP contribution is -2.62. The van der Waals surface area contributed by atoms with E-state index >= 15 is 0 Å².